The Morgan fingerprint density at radius 2 is 1.78 bits per heavy atom. The molecular weight excluding hydrogens is 267 g/mol. The first-order valence-corrected chi connectivity index (χ1v) is 6.33. The molecule has 90 valence electrons. The van der Waals surface area contributed by atoms with Gasteiger partial charge in [0.15, 0.2) is 0 Å². The van der Waals surface area contributed by atoms with Crippen LogP contribution in [0.15, 0.2) is 48.5 Å². The molecule has 0 aliphatic carbocycles. The van der Waals surface area contributed by atoms with Gasteiger partial charge in [-0.1, -0.05) is 42.5 Å². The Morgan fingerprint density at radius 3 is 2.56 bits per heavy atom. The minimum Gasteiger partial charge on any atom is -0.224 e. The van der Waals surface area contributed by atoms with Crippen molar-refractivity contribution < 1.29 is 0 Å². The fourth-order valence-corrected chi connectivity index (χ4v) is 2.41. The smallest absolute Gasteiger partial charge is 0.218 e. The molecule has 0 spiro atoms. The number of imidazole rings is 1. The first-order valence-electron chi connectivity index (χ1n) is 5.61. The van der Waals surface area contributed by atoms with Crippen LogP contribution >= 0.6 is 23.4 Å². The zero-order valence-electron chi connectivity index (χ0n) is 9.48. The van der Waals surface area contributed by atoms with E-state index in [9.17, 15) is 0 Å². The minimum absolute atomic E-state index is 0.298. The maximum absolute atomic E-state index is 6.04. The number of halogens is 2. The summed E-state index contributed by atoms with van der Waals surface area (Å²) in [5.74, 6) is 0. The molecule has 0 aliphatic heterocycles. The summed E-state index contributed by atoms with van der Waals surface area (Å²) in [5, 5.41) is 0.298. The molecule has 0 amide bonds. The summed E-state index contributed by atoms with van der Waals surface area (Å²) in [7, 11) is 0. The van der Waals surface area contributed by atoms with E-state index in [0.29, 0.717) is 5.28 Å². The van der Waals surface area contributed by atoms with Gasteiger partial charge in [0.25, 0.3) is 0 Å². The molecule has 0 aliphatic rings. The number of fused-ring (bicyclic) bond motifs is 1. The van der Waals surface area contributed by atoms with E-state index in [4.69, 9.17) is 23.4 Å². The molecule has 3 aromatic rings. The van der Waals surface area contributed by atoms with Crippen molar-refractivity contribution >= 4 is 34.4 Å². The topological polar surface area (TPSA) is 17.8 Å². The molecule has 18 heavy (non-hydrogen) atoms. The van der Waals surface area contributed by atoms with Crippen molar-refractivity contribution in [3.63, 3.8) is 0 Å². The summed E-state index contributed by atoms with van der Waals surface area (Å²) in [6, 6.07) is 16.2. The Kier molecular flexibility index (Phi) is 2.98. The summed E-state index contributed by atoms with van der Waals surface area (Å²) in [4.78, 5) is 4.31. The molecule has 1 heterocycles. The van der Waals surface area contributed by atoms with Gasteiger partial charge < -0.3 is 0 Å². The summed E-state index contributed by atoms with van der Waals surface area (Å²) in [5.41, 5.74) is 4.07. The number of benzene rings is 2. The van der Waals surface area contributed by atoms with Gasteiger partial charge in [0.2, 0.25) is 5.28 Å². The third-order valence-corrected chi connectivity index (χ3v) is 3.60. The monoisotopic (exact) mass is 276 g/mol. The SMILES string of the molecule is Clc1nc2c(Cc3ccccc3)cccc2n1Cl. The second kappa shape index (κ2) is 4.63. The van der Waals surface area contributed by atoms with Crippen molar-refractivity contribution in [3.8, 4) is 0 Å². The number of nitrogens with zero attached hydrogens (tertiary/aromatic N) is 2. The first-order chi connectivity index (χ1) is 8.75. The Balaban J connectivity index is 2.10. The molecule has 0 saturated heterocycles. The van der Waals surface area contributed by atoms with Crippen molar-refractivity contribution in [2.45, 2.75) is 6.42 Å². The number of rotatable bonds is 2. The van der Waals surface area contributed by atoms with Crippen LogP contribution in [0.4, 0.5) is 0 Å². The maximum atomic E-state index is 6.04. The third kappa shape index (κ3) is 1.98. The van der Waals surface area contributed by atoms with E-state index in [0.717, 1.165) is 23.0 Å². The highest BCUT2D eigenvalue weighted by Gasteiger charge is 2.10. The van der Waals surface area contributed by atoms with Crippen LogP contribution in [0, 0.1) is 0 Å². The van der Waals surface area contributed by atoms with Gasteiger partial charge in [-0.3, -0.25) is 0 Å². The van der Waals surface area contributed by atoms with Crippen molar-refractivity contribution in [3.05, 3.63) is 64.9 Å². The van der Waals surface area contributed by atoms with Gasteiger partial charge >= 0.3 is 0 Å². The van der Waals surface area contributed by atoms with Gasteiger partial charge in [-0.15, -0.1) is 0 Å². The van der Waals surface area contributed by atoms with Gasteiger partial charge in [-0.2, -0.15) is 0 Å². The van der Waals surface area contributed by atoms with Crippen LogP contribution in [0.5, 0.6) is 0 Å². The molecule has 1 aromatic heterocycles. The standard InChI is InChI=1S/C14H10Cl2N2/c15-14-17-13-11(7-4-8-12(13)18(14)16)9-10-5-2-1-3-6-10/h1-8H,9H2. The predicted molar refractivity (Wildman–Crippen MR) is 75.2 cm³/mol. The average molecular weight is 277 g/mol. The molecule has 0 unspecified atom stereocenters. The number of aromatic nitrogens is 2. The lowest BCUT2D eigenvalue weighted by Gasteiger charge is -2.02. The quantitative estimate of drug-likeness (QED) is 0.683. The third-order valence-electron chi connectivity index (χ3n) is 2.91. The molecule has 0 radical (unpaired) electrons. The van der Waals surface area contributed by atoms with E-state index >= 15 is 0 Å². The van der Waals surface area contributed by atoms with Crippen molar-refractivity contribution in [2.75, 3.05) is 0 Å². The lowest BCUT2D eigenvalue weighted by molar-refractivity contribution is 1.20. The van der Waals surface area contributed by atoms with E-state index in [1.165, 1.54) is 9.65 Å². The van der Waals surface area contributed by atoms with Crippen molar-refractivity contribution in [1.82, 2.24) is 9.07 Å². The van der Waals surface area contributed by atoms with Crippen LogP contribution in [-0.4, -0.2) is 9.07 Å². The molecule has 4 heteroatoms. The van der Waals surface area contributed by atoms with Crippen LogP contribution in [0.2, 0.25) is 5.28 Å². The lowest BCUT2D eigenvalue weighted by atomic mass is 10.0. The molecule has 0 atom stereocenters. The van der Waals surface area contributed by atoms with Gasteiger partial charge in [-0.05, 0) is 35.2 Å². The maximum Gasteiger partial charge on any atom is 0.218 e. The molecule has 2 aromatic carbocycles. The molecule has 3 rings (SSSR count). The van der Waals surface area contributed by atoms with Crippen LogP contribution in [0.1, 0.15) is 11.1 Å². The van der Waals surface area contributed by atoms with Gasteiger partial charge in [0.1, 0.15) is 0 Å². The van der Waals surface area contributed by atoms with E-state index in [1.807, 2.05) is 30.3 Å². The second-order valence-electron chi connectivity index (χ2n) is 4.11. The normalized spacial score (nSPS) is 11.0. The highest BCUT2D eigenvalue weighted by molar-refractivity contribution is 6.34. The van der Waals surface area contributed by atoms with E-state index < -0.39 is 0 Å². The number of hydrogen-bond acceptors (Lipinski definition) is 1. The highest BCUT2D eigenvalue weighted by atomic mass is 35.5. The molecule has 0 fully saturated rings. The summed E-state index contributed by atoms with van der Waals surface area (Å²) >= 11 is 12.0. The Bertz CT molecular complexity index is 690. The number of hydrogen-bond donors (Lipinski definition) is 0. The minimum atomic E-state index is 0.298. The second-order valence-corrected chi connectivity index (χ2v) is 4.79. The highest BCUT2D eigenvalue weighted by Crippen LogP contribution is 2.25. The van der Waals surface area contributed by atoms with Crippen LogP contribution in [-0.2, 0) is 6.42 Å². The van der Waals surface area contributed by atoms with Gasteiger partial charge in [0, 0.05) is 11.8 Å². The molecule has 0 N–H and O–H groups in total. The van der Waals surface area contributed by atoms with Crippen LogP contribution in [0.3, 0.4) is 0 Å². The van der Waals surface area contributed by atoms with Gasteiger partial charge in [0.05, 0.1) is 11.0 Å². The fourth-order valence-electron chi connectivity index (χ4n) is 2.06. The van der Waals surface area contributed by atoms with E-state index in [2.05, 4.69) is 23.2 Å². The largest absolute Gasteiger partial charge is 0.224 e. The number of para-hydroxylation sites is 1. The first kappa shape index (κ1) is 11.6. The lowest BCUT2D eigenvalue weighted by Crippen LogP contribution is -1.89. The molecule has 2 nitrogen and oxygen atoms in total. The zero-order valence-corrected chi connectivity index (χ0v) is 11.0. The Labute approximate surface area is 115 Å². The molecule has 0 saturated carbocycles. The summed E-state index contributed by atoms with van der Waals surface area (Å²) in [6.45, 7) is 0. The molecular formula is C14H10Cl2N2. The van der Waals surface area contributed by atoms with E-state index in [1.54, 1.807) is 0 Å². The molecule has 0 bridgehead atoms. The Morgan fingerprint density at radius 1 is 1.00 bits per heavy atom. The van der Waals surface area contributed by atoms with Crippen LogP contribution < -0.4 is 0 Å². The summed E-state index contributed by atoms with van der Waals surface area (Å²) in [6.07, 6.45) is 0.822. The van der Waals surface area contributed by atoms with Crippen molar-refractivity contribution in [1.29, 1.82) is 0 Å². The van der Waals surface area contributed by atoms with Gasteiger partial charge in [-0.25, -0.2) is 9.07 Å². The summed E-state index contributed by atoms with van der Waals surface area (Å²) < 4.78 is 1.38. The zero-order chi connectivity index (χ0) is 12.5. The average Bonchev–Trinajstić information content (AvgIpc) is 2.69. The van der Waals surface area contributed by atoms with Crippen LogP contribution in [0.25, 0.3) is 11.0 Å². The van der Waals surface area contributed by atoms with E-state index in [-0.39, 0.29) is 0 Å². The predicted octanol–water partition coefficient (Wildman–Crippen LogP) is 4.28. The van der Waals surface area contributed by atoms with Crippen molar-refractivity contribution in [2.24, 2.45) is 0 Å². The fraction of sp³-hybridized carbons (Fsp3) is 0.0714. The Hall–Kier alpha value is -1.51.